The number of nitrogens with one attached hydrogen (secondary N) is 1. The second kappa shape index (κ2) is 10.6. The van der Waals surface area contributed by atoms with Crippen LogP contribution in [0.15, 0.2) is 65.6 Å². The molecule has 0 saturated carbocycles. The topological polar surface area (TPSA) is 102 Å². The van der Waals surface area contributed by atoms with Gasteiger partial charge in [-0.25, -0.2) is 13.2 Å². The van der Waals surface area contributed by atoms with Gasteiger partial charge in [0.15, 0.2) is 0 Å². The van der Waals surface area contributed by atoms with E-state index in [1.54, 1.807) is 18.2 Å². The Bertz CT molecular complexity index is 1300. The van der Waals surface area contributed by atoms with Crippen molar-refractivity contribution < 1.29 is 27.5 Å². The maximum atomic E-state index is 13.2. The van der Waals surface area contributed by atoms with Crippen molar-refractivity contribution in [2.45, 2.75) is 17.7 Å². The Labute approximate surface area is 208 Å². The summed E-state index contributed by atoms with van der Waals surface area (Å²) in [5.41, 5.74) is 1.28. The predicted octanol–water partition coefficient (Wildman–Crippen LogP) is 4.25. The van der Waals surface area contributed by atoms with Crippen LogP contribution < -0.4 is 10.1 Å². The van der Waals surface area contributed by atoms with E-state index in [1.807, 2.05) is 30.3 Å². The normalized spacial score (nSPS) is 16.5. The number of hydrogen-bond acceptors (Lipinski definition) is 7. The second-order valence-electron chi connectivity index (χ2n) is 8.08. The Kier molecular flexibility index (Phi) is 7.54. The highest BCUT2D eigenvalue weighted by atomic mass is 32.2. The Balaban J connectivity index is 1.53. The van der Waals surface area contributed by atoms with Crippen molar-refractivity contribution >= 4 is 38.9 Å². The first-order chi connectivity index (χ1) is 16.8. The highest BCUT2D eigenvalue weighted by Gasteiger charge is 2.34. The van der Waals surface area contributed by atoms with Crippen LogP contribution in [0, 0.1) is 5.92 Å². The Morgan fingerprint density at radius 2 is 1.77 bits per heavy atom. The van der Waals surface area contributed by atoms with Crippen molar-refractivity contribution in [3.63, 3.8) is 0 Å². The summed E-state index contributed by atoms with van der Waals surface area (Å²) in [6.45, 7) is 0.394. The SMILES string of the molecule is COC(=O)c1sc(-c2ccccc2)cc1NC(=O)[C@H]1CCCN(S(=O)(=O)c2ccc(OC)cc2)C1. The molecule has 1 aliphatic rings. The molecule has 35 heavy (non-hydrogen) atoms. The number of hydrogen-bond donors (Lipinski definition) is 1. The van der Waals surface area contributed by atoms with E-state index in [9.17, 15) is 18.0 Å². The molecule has 8 nitrogen and oxygen atoms in total. The molecule has 3 aromatic rings. The summed E-state index contributed by atoms with van der Waals surface area (Å²) in [5, 5.41) is 2.85. The number of ether oxygens (including phenoxy) is 2. The third-order valence-electron chi connectivity index (χ3n) is 5.87. The van der Waals surface area contributed by atoms with Crippen molar-refractivity contribution in [2.24, 2.45) is 5.92 Å². The molecule has 184 valence electrons. The van der Waals surface area contributed by atoms with E-state index in [1.165, 1.54) is 42.0 Å². The van der Waals surface area contributed by atoms with Crippen molar-refractivity contribution in [2.75, 3.05) is 32.6 Å². The zero-order valence-corrected chi connectivity index (χ0v) is 21.0. The first-order valence-electron chi connectivity index (χ1n) is 11.1. The molecule has 1 saturated heterocycles. The van der Waals surface area contributed by atoms with E-state index in [-0.39, 0.29) is 17.3 Å². The van der Waals surface area contributed by atoms with Gasteiger partial charge in [0.05, 0.1) is 30.7 Å². The number of amides is 1. The number of carbonyl (C=O) groups is 2. The third-order valence-corrected chi connectivity index (χ3v) is 8.91. The van der Waals surface area contributed by atoms with Gasteiger partial charge in [0.2, 0.25) is 15.9 Å². The Morgan fingerprint density at radius 1 is 1.06 bits per heavy atom. The fraction of sp³-hybridized carbons (Fsp3) is 0.280. The fourth-order valence-electron chi connectivity index (χ4n) is 3.98. The monoisotopic (exact) mass is 514 g/mol. The Hall–Kier alpha value is -3.21. The number of thiophene rings is 1. The van der Waals surface area contributed by atoms with Crippen LogP contribution >= 0.6 is 11.3 Å². The summed E-state index contributed by atoms with van der Waals surface area (Å²) in [6, 6.07) is 17.5. The smallest absolute Gasteiger partial charge is 0.350 e. The highest BCUT2D eigenvalue weighted by molar-refractivity contribution is 7.89. The van der Waals surface area contributed by atoms with Crippen LogP contribution in [0.4, 0.5) is 5.69 Å². The largest absolute Gasteiger partial charge is 0.497 e. The number of carbonyl (C=O) groups excluding carboxylic acids is 2. The summed E-state index contributed by atoms with van der Waals surface area (Å²) < 4.78 is 37.6. The van der Waals surface area contributed by atoms with Gasteiger partial charge in [-0.3, -0.25) is 4.79 Å². The number of piperidine rings is 1. The molecule has 0 aliphatic carbocycles. The maximum absolute atomic E-state index is 13.2. The molecule has 2 heterocycles. The van der Waals surface area contributed by atoms with Gasteiger partial charge in [-0.1, -0.05) is 30.3 Å². The summed E-state index contributed by atoms with van der Waals surface area (Å²) in [4.78, 5) is 26.8. The maximum Gasteiger partial charge on any atom is 0.350 e. The molecule has 0 spiro atoms. The van der Waals surface area contributed by atoms with Gasteiger partial charge >= 0.3 is 5.97 Å². The van der Waals surface area contributed by atoms with Crippen molar-refractivity contribution in [3.8, 4) is 16.2 Å². The molecule has 1 atom stereocenters. The minimum atomic E-state index is -3.76. The van der Waals surface area contributed by atoms with Crippen molar-refractivity contribution in [1.82, 2.24) is 4.31 Å². The molecule has 1 fully saturated rings. The molecule has 0 unspecified atom stereocenters. The number of methoxy groups -OCH3 is 2. The van der Waals surface area contributed by atoms with E-state index in [2.05, 4.69) is 5.32 Å². The van der Waals surface area contributed by atoms with E-state index in [4.69, 9.17) is 9.47 Å². The molecule has 1 amide bonds. The zero-order valence-electron chi connectivity index (χ0n) is 19.4. The van der Waals surface area contributed by atoms with Crippen LogP contribution in [-0.2, 0) is 19.6 Å². The minimum Gasteiger partial charge on any atom is -0.497 e. The molecule has 0 radical (unpaired) electrons. The summed E-state index contributed by atoms with van der Waals surface area (Å²) in [6.07, 6.45) is 1.10. The lowest BCUT2D eigenvalue weighted by atomic mass is 9.98. The predicted molar refractivity (Wildman–Crippen MR) is 134 cm³/mol. The third kappa shape index (κ3) is 5.39. The summed E-state index contributed by atoms with van der Waals surface area (Å²) in [5.74, 6) is -0.865. The number of nitrogens with zero attached hydrogens (tertiary/aromatic N) is 1. The second-order valence-corrected chi connectivity index (χ2v) is 11.1. The quantitative estimate of drug-likeness (QED) is 0.473. The average molecular weight is 515 g/mol. The van der Waals surface area contributed by atoms with E-state index >= 15 is 0 Å². The molecule has 1 N–H and O–H groups in total. The lowest BCUT2D eigenvalue weighted by Gasteiger charge is -2.31. The van der Waals surface area contributed by atoms with E-state index in [0.29, 0.717) is 35.7 Å². The first kappa shape index (κ1) is 24.9. The molecule has 4 rings (SSSR count). The van der Waals surface area contributed by atoms with Crippen molar-refractivity contribution in [1.29, 1.82) is 0 Å². The van der Waals surface area contributed by atoms with E-state index < -0.39 is 21.9 Å². The van der Waals surface area contributed by atoms with Gasteiger partial charge in [-0.2, -0.15) is 4.31 Å². The summed E-state index contributed by atoms with van der Waals surface area (Å²) in [7, 11) is -0.954. The first-order valence-corrected chi connectivity index (χ1v) is 13.3. The van der Waals surface area contributed by atoms with Crippen LogP contribution in [0.3, 0.4) is 0 Å². The molecule has 2 aromatic carbocycles. The van der Waals surface area contributed by atoms with Crippen LogP contribution in [-0.4, -0.2) is 51.9 Å². The lowest BCUT2D eigenvalue weighted by molar-refractivity contribution is -0.120. The number of anilines is 1. The van der Waals surface area contributed by atoms with Crippen LogP contribution in [0.1, 0.15) is 22.5 Å². The van der Waals surface area contributed by atoms with Gasteiger partial charge in [0.1, 0.15) is 10.6 Å². The van der Waals surface area contributed by atoms with Gasteiger partial charge in [0, 0.05) is 18.0 Å². The zero-order chi connectivity index (χ0) is 25.0. The van der Waals surface area contributed by atoms with Crippen LogP contribution in [0.2, 0.25) is 0 Å². The minimum absolute atomic E-state index is 0.0590. The van der Waals surface area contributed by atoms with Crippen LogP contribution in [0.5, 0.6) is 5.75 Å². The highest BCUT2D eigenvalue weighted by Crippen LogP contribution is 2.36. The number of benzene rings is 2. The molecule has 1 aromatic heterocycles. The van der Waals surface area contributed by atoms with Gasteiger partial charge < -0.3 is 14.8 Å². The molecular weight excluding hydrogens is 488 g/mol. The number of sulfonamides is 1. The number of esters is 1. The molecule has 0 bridgehead atoms. The van der Waals surface area contributed by atoms with Gasteiger partial charge in [-0.05, 0) is 48.7 Å². The van der Waals surface area contributed by atoms with E-state index in [0.717, 1.165) is 10.4 Å². The Morgan fingerprint density at radius 3 is 2.43 bits per heavy atom. The average Bonchev–Trinajstić information content (AvgIpc) is 3.32. The fourth-order valence-corrected chi connectivity index (χ4v) is 6.54. The van der Waals surface area contributed by atoms with Gasteiger partial charge in [0.25, 0.3) is 0 Å². The number of rotatable bonds is 7. The van der Waals surface area contributed by atoms with Crippen LogP contribution in [0.25, 0.3) is 10.4 Å². The molecular formula is C25H26N2O6S2. The van der Waals surface area contributed by atoms with Crippen molar-refractivity contribution in [3.05, 3.63) is 65.5 Å². The standard InChI is InChI=1S/C25H26N2O6S2/c1-32-19-10-12-20(13-11-19)35(30,31)27-14-6-9-18(16-27)24(28)26-21-15-22(17-7-4-3-5-8-17)34-23(21)25(29)33-2/h3-5,7-8,10-13,15,18H,6,9,14,16H2,1-2H3,(H,26,28)/t18-/m0/s1. The summed E-state index contributed by atoms with van der Waals surface area (Å²) >= 11 is 1.23. The lowest BCUT2D eigenvalue weighted by Crippen LogP contribution is -2.43. The van der Waals surface area contributed by atoms with Gasteiger partial charge in [-0.15, -0.1) is 11.3 Å². The molecule has 10 heteroatoms. The molecule has 1 aliphatic heterocycles.